The van der Waals surface area contributed by atoms with Crippen LogP contribution in [0.25, 0.3) is 10.9 Å². The highest BCUT2D eigenvalue weighted by Gasteiger charge is 2.15. The molecular formula is C17H22N2O2. The predicted molar refractivity (Wildman–Crippen MR) is 84.3 cm³/mol. The van der Waals surface area contributed by atoms with E-state index >= 15 is 0 Å². The highest BCUT2D eigenvalue weighted by atomic mass is 16.4. The van der Waals surface area contributed by atoms with Crippen molar-refractivity contribution < 1.29 is 9.90 Å². The number of rotatable bonds is 7. The van der Waals surface area contributed by atoms with E-state index in [-0.39, 0.29) is 0 Å². The minimum Gasteiger partial charge on any atom is -0.480 e. The molecule has 2 rings (SSSR count). The Kier molecular flexibility index (Phi) is 5.28. The number of pyridine rings is 1. The van der Waals surface area contributed by atoms with Crippen molar-refractivity contribution in [3.63, 3.8) is 0 Å². The van der Waals surface area contributed by atoms with Gasteiger partial charge in [-0.1, -0.05) is 31.9 Å². The van der Waals surface area contributed by atoms with Gasteiger partial charge in [0.1, 0.15) is 6.04 Å². The number of benzene rings is 1. The van der Waals surface area contributed by atoms with Crippen LogP contribution in [0, 0.1) is 6.92 Å². The van der Waals surface area contributed by atoms with Crippen LogP contribution >= 0.6 is 0 Å². The fourth-order valence-electron chi connectivity index (χ4n) is 2.52. The first-order valence-corrected chi connectivity index (χ1v) is 7.42. The van der Waals surface area contributed by atoms with E-state index in [1.54, 1.807) is 6.20 Å². The second-order valence-electron chi connectivity index (χ2n) is 5.40. The summed E-state index contributed by atoms with van der Waals surface area (Å²) >= 11 is 0. The Labute approximate surface area is 125 Å². The van der Waals surface area contributed by atoms with Gasteiger partial charge in [0.15, 0.2) is 0 Å². The minimum absolute atomic E-state index is 0.477. The molecule has 0 amide bonds. The summed E-state index contributed by atoms with van der Waals surface area (Å²) < 4.78 is 0. The van der Waals surface area contributed by atoms with Crippen LogP contribution in [0.15, 0.2) is 30.5 Å². The standard InChI is InChI=1S/C17H22N2O2/c1-3-4-7-15(17(20)21)19-11-13-9-12(2)16-14(10-13)6-5-8-18-16/h5-6,8-10,15,19H,3-4,7,11H2,1-2H3,(H,20,21). The number of carbonyl (C=O) groups is 1. The molecule has 1 aromatic carbocycles. The van der Waals surface area contributed by atoms with Crippen LogP contribution in [0.5, 0.6) is 0 Å². The number of nitrogens with one attached hydrogen (secondary N) is 1. The van der Waals surface area contributed by atoms with E-state index in [2.05, 4.69) is 29.4 Å². The zero-order valence-electron chi connectivity index (χ0n) is 12.6. The summed E-state index contributed by atoms with van der Waals surface area (Å²) in [5, 5.41) is 13.5. The third-order valence-corrected chi connectivity index (χ3v) is 3.65. The number of hydrogen-bond donors (Lipinski definition) is 2. The number of carboxylic acids is 1. The Morgan fingerprint density at radius 3 is 2.95 bits per heavy atom. The molecule has 4 heteroatoms. The highest BCUT2D eigenvalue weighted by molar-refractivity contribution is 5.82. The third kappa shape index (κ3) is 4.02. The van der Waals surface area contributed by atoms with Crippen LogP contribution < -0.4 is 5.32 Å². The number of aromatic nitrogens is 1. The van der Waals surface area contributed by atoms with Crippen molar-refractivity contribution in [3.8, 4) is 0 Å². The third-order valence-electron chi connectivity index (χ3n) is 3.65. The van der Waals surface area contributed by atoms with E-state index in [9.17, 15) is 9.90 Å². The summed E-state index contributed by atoms with van der Waals surface area (Å²) in [7, 11) is 0. The maximum atomic E-state index is 11.2. The van der Waals surface area contributed by atoms with E-state index in [0.29, 0.717) is 13.0 Å². The molecule has 2 aromatic rings. The molecule has 2 N–H and O–H groups in total. The molecule has 0 aliphatic heterocycles. The molecule has 0 spiro atoms. The molecule has 0 fully saturated rings. The van der Waals surface area contributed by atoms with Crippen molar-refractivity contribution in [2.75, 3.05) is 0 Å². The van der Waals surface area contributed by atoms with Gasteiger partial charge in [-0.15, -0.1) is 0 Å². The summed E-state index contributed by atoms with van der Waals surface area (Å²) in [6.07, 6.45) is 4.38. The van der Waals surface area contributed by atoms with Crippen molar-refractivity contribution in [3.05, 3.63) is 41.6 Å². The molecule has 0 aliphatic carbocycles. The molecule has 0 saturated heterocycles. The van der Waals surface area contributed by atoms with Crippen molar-refractivity contribution in [1.29, 1.82) is 0 Å². The molecular weight excluding hydrogens is 264 g/mol. The Balaban J connectivity index is 2.10. The largest absolute Gasteiger partial charge is 0.480 e. The maximum Gasteiger partial charge on any atom is 0.320 e. The summed E-state index contributed by atoms with van der Waals surface area (Å²) in [6.45, 7) is 4.66. The van der Waals surface area contributed by atoms with Gasteiger partial charge in [0.25, 0.3) is 0 Å². The van der Waals surface area contributed by atoms with E-state index in [4.69, 9.17) is 0 Å². The Morgan fingerprint density at radius 1 is 1.43 bits per heavy atom. The Hall–Kier alpha value is -1.94. The quantitative estimate of drug-likeness (QED) is 0.820. The SMILES string of the molecule is CCCCC(NCc1cc(C)c2ncccc2c1)C(=O)O. The van der Waals surface area contributed by atoms with Crippen LogP contribution in [-0.4, -0.2) is 22.1 Å². The number of aliphatic carboxylic acids is 1. The highest BCUT2D eigenvalue weighted by Crippen LogP contribution is 2.18. The van der Waals surface area contributed by atoms with Crippen LogP contribution in [-0.2, 0) is 11.3 Å². The van der Waals surface area contributed by atoms with E-state index in [1.165, 1.54) is 0 Å². The molecule has 1 atom stereocenters. The lowest BCUT2D eigenvalue weighted by Gasteiger charge is -2.14. The first-order chi connectivity index (χ1) is 10.1. The van der Waals surface area contributed by atoms with Crippen LogP contribution in [0.3, 0.4) is 0 Å². The summed E-state index contributed by atoms with van der Waals surface area (Å²) in [4.78, 5) is 15.6. The average molecular weight is 286 g/mol. The second-order valence-corrected chi connectivity index (χ2v) is 5.40. The van der Waals surface area contributed by atoms with Crippen LogP contribution in [0.4, 0.5) is 0 Å². The lowest BCUT2D eigenvalue weighted by atomic mass is 10.0. The van der Waals surface area contributed by atoms with E-state index in [0.717, 1.165) is 34.9 Å². The van der Waals surface area contributed by atoms with Gasteiger partial charge >= 0.3 is 5.97 Å². The number of fused-ring (bicyclic) bond motifs is 1. The molecule has 112 valence electrons. The predicted octanol–water partition coefficient (Wildman–Crippen LogP) is 3.28. The summed E-state index contributed by atoms with van der Waals surface area (Å²) in [5.41, 5.74) is 3.21. The number of aryl methyl sites for hydroxylation is 1. The molecule has 0 radical (unpaired) electrons. The van der Waals surface area contributed by atoms with Gasteiger partial charge in [-0.05, 0) is 36.6 Å². The number of unbranched alkanes of at least 4 members (excludes halogenated alkanes) is 1. The number of nitrogens with zero attached hydrogens (tertiary/aromatic N) is 1. The Bertz CT molecular complexity index is 625. The van der Waals surface area contributed by atoms with Gasteiger partial charge in [0, 0.05) is 18.1 Å². The Morgan fingerprint density at radius 2 is 2.24 bits per heavy atom. The average Bonchev–Trinajstić information content (AvgIpc) is 2.47. The van der Waals surface area contributed by atoms with Crippen LogP contribution in [0.2, 0.25) is 0 Å². The first-order valence-electron chi connectivity index (χ1n) is 7.42. The topological polar surface area (TPSA) is 62.2 Å². The lowest BCUT2D eigenvalue weighted by Crippen LogP contribution is -2.36. The molecule has 1 unspecified atom stereocenters. The zero-order chi connectivity index (χ0) is 15.2. The lowest BCUT2D eigenvalue weighted by molar-refractivity contribution is -0.139. The van der Waals surface area contributed by atoms with Gasteiger partial charge in [0.05, 0.1) is 5.52 Å². The second kappa shape index (κ2) is 7.18. The summed E-state index contributed by atoms with van der Waals surface area (Å²) in [6, 6.07) is 7.61. The zero-order valence-corrected chi connectivity index (χ0v) is 12.6. The van der Waals surface area contributed by atoms with Gasteiger partial charge in [-0.25, -0.2) is 0 Å². The van der Waals surface area contributed by atoms with Crippen LogP contribution in [0.1, 0.15) is 37.3 Å². The van der Waals surface area contributed by atoms with Gasteiger partial charge in [0.2, 0.25) is 0 Å². The maximum absolute atomic E-state index is 11.2. The van der Waals surface area contributed by atoms with Gasteiger partial charge < -0.3 is 10.4 Å². The molecule has 1 heterocycles. The molecule has 4 nitrogen and oxygen atoms in total. The summed E-state index contributed by atoms with van der Waals surface area (Å²) in [5.74, 6) is -0.775. The molecule has 1 aromatic heterocycles. The van der Waals surface area contributed by atoms with Crippen molar-refractivity contribution in [2.24, 2.45) is 0 Å². The fraction of sp³-hybridized carbons (Fsp3) is 0.412. The molecule has 0 aliphatic rings. The first kappa shape index (κ1) is 15.4. The molecule has 0 bridgehead atoms. The van der Waals surface area contributed by atoms with Crippen molar-refractivity contribution in [1.82, 2.24) is 10.3 Å². The minimum atomic E-state index is -0.775. The van der Waals surface area contributed by atoms with E-state index < -0.39 is 12.0 Å². The smallest absolute Gasteiger partial charge is 0.320 e. The fourth-order valence-corrected chi connectivity index (χ4v) is 2.52. The molecule has 21 heavy (non-hydrogen) atoms. The van der Waals surface area contributed by atoms with Gasteiger partial charge in [-0.2, -0.15) is 0 Å². The van der Waals surface area contributed by atoms with Crippen molar-refractivity contribution in [2.45, 2.75) is 45.7 Å². The van der Waals surface area contributed by atoms with Crippen molar-refractivity contribution >= 4 is 16.9 Å². The number of carboxylic acid groups (broad SMARTS) is 1. The molecule has 0 saturated carbocycles. The van der Waals surface area contributed by atoms with Gasteiger partial charge in [-0.3, -0.25) is 9.78 Å². The monoisotopic (exact) mass is 286 g/mol. The van der Waals surface area contributed by atoms with E-state index in [1.807, 2.05) is 19.1 Å². The normalized spacial score (nSPS) is 12.5. The number of hydrogen-bond acceptors (Lipinski definition) is 3.